The molecule has 102 valence electrons. The Morgan fingerprint density at radius 2 is 2.10 bits per heavy atom. The van der Waals surface area contributed by atoms with Gasteiger partial charge in [-0.15, -0.1) is 11.3 Å². The van der Waals surface area contributed by atoms with Crippen molar-refractivity contribution < 1.29 is 4.79 Å². The van der Waals surface area contributed by atoms with Crippen LogP contribution in [0.3, 0.4) is 0 Å². The van der Waals surface area contributed by atoms with Gasteiger partial charge >= 0.3 is 0 Å². The summed E-state index contributed by atoms with van der Waals surface area (Å²) in [6, 6.07) is 13.8. The molecule has 2 rings (SSSR count). The molecule has 0 aliphatic carbocycles. The van der Waals surface area contributed by atoms with E-state index in [0.717, 1.165) is 5.56 Å². The average molecular weight is 285 g/mol. The van der Waals surface area contributed by atoms with Crippen molar-refractivity contribution in [3.63, 3.8) is 0 Å². The Hall–Kier alpha value is -2.16. The van der Waals surface area contributed by atoms with Gasteiger partial charge in [0.25, 0.3) is 0 Å². The van der Waals surface area contributed by atoms with Crippen molar-refractivity contribution >= 4 is 22.2 Å². The molecule has 2 N–H and O–H groups in total. The van der Waals surface area contributed by atoms with Crippen LogP contribution >= 0.6 is 11.3 Å². The first-order valence-electron chi connectivity index (χ1n) is 6.26. The molecule has 0 spiro atoms. The lowest BCUT2D eigenvalue weighted by molar-refractivity contribution is -0.115. The number of nitrogens with zero attached hydrogens (tertiary/aromatic N) is 1. The summed E-state index contributed by atoms with van der Waals surface area (Å²) in [5.41, 5.74) is 1.63. The highest BCUT2D eigenvalue weighted by atomic mass is 32.1. The normalized spacial score (nSPS) is 11.6. The first kappa shape index (κ1) is 14.3. The molecule has 0 aliphatic heterocycles. The molecule has 1 atom stereocenters. The Labute approximate surface area is 122 Å². The summed E-state index contributed by atoms with van der Waals surface area (Å²) in [5.74, 6) is -0.147. The highest BCUT2D eigenvalue weighted by Gasteiger charge is 2.10. The number of rotatable bonds is 5. The molecule has 1 amide bonds. The van der Waals surface area contributed by atoms with Crippen LogP contribution in [0.2, 0.25) is 0 Å². The van der Waals surface area contributed by atoms with Crippen LogP contribution in [0, 0.1) is 11.3 Å². The summed E-state index contributed by atoms with van der Waals surface area (Å²) < 4.78 is 0. The number of thiophene rings is 1. The third-order valence-electron chi connectivity index (χ3n) is 2.91. The quantitative estimate of drug-likeness (QED) is 0.887. The summed E-state index contributed by atoms with van der Waals surface area (Å²) in [6.45, 7) is 2.22. The molecule has 1 aromatic carbocycles. The fourth-order valence-electron chi connectivity index (χ4n) is 1.77. The Morgan fingerprint density at radius 3 is 2.80 bits per heavy atom. The standard InChI is InChI=1S/C15H15N3OS/c1-11(12-5-3-2-4-6-12)17-10-14(19)18-15-13(9-16)7-8-20-15/h2-8,11,17H,10H2,1H3,(H,18,19)/t11-/m0/s1. The number of hydrogen-bond donors (Lipinski definition) is 2. The van der Waals surface area contributed by atoms with Gasteiger partial charge in [-0.1, -0.05) is 30.3 Å². The third kappa shape index (κ3) is 3.67. The van der Waals surface area contributed by atoms with E-state index in [1.807, 2.05) is 43.3 Å². The lowest BCUT2D eigenvalue weighted by atomic mass is 10.1. The summed E-state index contributed by atoms with van der Waals surface area (Å²) in [4.78, 5) is 11.8. The van der Waals surface area contributed by atoms with Crippen LogP contribution in [0.15, 0.2) is 41.8 Å². The molecule has 0 unspecified atom stereocenters. The molecule has 1 aromatic heterocycles. The molecule has 5 heteroatoms. The van der Waals surface area contributed by atoms with E-state index in [2.05, 4.69) is 10.6 Å². The van der Waals surface area contributed by atoms with E-state index in [1.165, 1.54) is 11.3 Å². The van der Waals surface area contributed by atoms with Gasteiger partial charge in [-0.2, -0.15) is 5.26 Å². The molecule has 1 heterocycles. The number of benzene rings is 1. The number of nitrogens with one attached hydrogen (secondary N) is 2. The highest BCUT2D eigenvalue weighted by Crippen LogP contribution is 2.21. The molecule has 2 aromatic rings. The third-order valence-corrected chi connectivity index (χ3v) is 3.74. The van der Waals surface area contributed by atoms with E-state index in [0.29, 0.717) is 10.6 Å². The number of amides is 1. The fourth-order valence-corrected chi connectivity index (χ4v) is 2.52. The minimum Gasteiger partial charge on any atom is -0.315 e. The van der Waals surface area contributed by atoms with Gasteiger partial charge in [0, 0.05) is 6.04 Å². The Balaban J connectivity index is 1.86. The summed E-state index contributed by atoms with van der Waals surface area (Å²) >= 11 is 1.35. The monoisotopic (exact) mass is 285 g/mol. The molecule has 0 aliphatic rings. The van der Waals surface area contributed by atoms with Crippen molar-refractivity contribution in [1.29, 1.82) is 5.26 Å². The van der Waals surface area contributed by atoms with E-state index < -0.39 is 0 Å². The number of anilines is 1. The van der Waals surface area contributed by atoms with Crippen molar-refractivity contribution in [3.8, 4) is 6.07 Å². The highest BCUT2D eigenvalue weighted by molar-refractivity contribution is 7.14. The maximum Gasteiger partial charge on any atom is 0.238 e. The van der Waals surface area contributed by atoms with E-state index in [9.17, 15) is 4.79 Å². The molecule has 0 saturated heterocycles. The topological polar surface area (TPSA) is 64.9 Å². The van der Waals surface area contributed by atoms with E-state index in [4.69, 9.17) is 5.26 Å². The zero-order valence-electron chi connectivity index (χ0n) is 11.1. The number of carbonyl (C=O) groups is 1. The largest absolute Gasteiger partial charge is 0.315 e. The second kappa shape index (κ2) is 6.85. The molecular weight excluding hydrogens is 270 g/mol. The molecule has 0 radical (unpaired) electrons. The predicted octanol–water partition coefficient (Wildman–Crippen LogP) is 2.91. The second-order valence-electron chi connectivity index (χ2n) is 4.34. The zero-order valence-corrected chi connectivity index (χ0v) is 11.9. The zero-order chi connectivity index (χ0) is 14.4. The minimum absolute atomic E-state index is 0.0979. The van der Waals surface area contributed by atoms with E-state index >= 15 is 0 Å². The first-order valence-corrected chi connectivity index (χ1v) is 7.14. The molecule has 0 saturated carbocycles. The van der Waals surface area contributed by atoms with Crippen LogP contribution in [0.1, 0.15) is 24.1 Å². The van der Waals surface area contributed by atoms with Gasteiger partial charge < -0.3 is 10.6 Å². The first-order chi connectivity index (χ1) is 9.70. The second-order valence-corrected chi connectivity index (χ2v) is 5.25. The lowest BCUT2D eigenvalue weighted by Crippen LogP contribution is -2.30. The molecule has 0 bridgehead atoms. The van der Waals surface area contributed by atoms with Crippen LogP contribution in [0.4, 0.5) is 5.00 Å². The lowest BCUT2D eigenvalue weighted by Gasteiger charge is -2.13. The van der Waals surface area contributed by atoms with Gasteiger partial charge in [0.15, 0.2) is 0 Å². The number of carbonyl (C=O) groups excluding carboxylic acids is 1. The maximum absolute atomic E-state index is 11.8. The minimum atomic E-state index is -0.147. The smallest absolute Gasteiger partial charge is 0.238 e. The van der Waals surface area contributed by atoms with Gasteiger partial charge in [-0.25, -0.2) is 0 Å². The summed E-state index contributed by atoms with van der Waals surface area (Å²) in [5, 5.41) is 17.2. The van der Waals surface area contributed by atoms with Crippen LogP contribution in [-0.4, -0.2) is 12.5 Å². The molecule has 20 heavy (non-hydrogen) atoms. The maximum atomic E-state index is 11.8. The Morgan fingerprint density at radius 1 is 1.35 bits per heavy atom. The van der Waals surface area contributed by atoms with Crippen LogP contribution < -0.4 is 10.6 Å². The Kier molecular flexibility index (Phi) is 4.88. The van der Waals surface area contributed by atoms with Gasteiger partial charge in [-0.3, -0.25) is 4.79 Å². The molecule has 0 fully saturated rings. The van der Waals surface area contributed by atoms with Crippen molar-refractivity contribution in [2.45, 2.75) is 13.0 Å². The summed E-state index contributed by atoms with van der Waals surface area (Å²) in [7, 11) is 0. The van der Waals surface area contributed by atoms with Crippen molar-refractivity contribution in [3.05, 3.63) is 52.9 Å². The van der Waals surface area contributed by atoms with Gasteiger partial charge in [0.1, 0.15) is 11.1 Å². The van der Waals surface area contributed by atoms with Gasteiger partial charge in [0.2, 0.25) is 5.91 Å². The van der Waals surface area contributed by atoms with Crippen LogP contribution in [-0.2, 0) is 4.79 Å². The van der Waals surface area contributed by atoms with Crippen LogP contribution in [0.25, 0.3) is 0 Å². The Bertz CT molecular complexity index is 616. The SMILES string of the molecule is C[C@H](NCC(=O)Nc1sccc1C#N)c1ccccc1. The average Bonchev–Trinajstić information content (AvgIpc) is 2.92. The fraction of sp³-hybridized carbons (Fsp3) is 0.200. The van der Waals surface area contributed by atoms with Crippen molar-refractivity contribution in [2.24, 2.45) is 0 Å². The van der Waals surface area contributed by atoms with Gasteiger partial charge in [0.05, 0.1) is 12.1 Å². The molecular formula is C15H15N3OS. The summed E-state index contributed by atoms with van der Waals surface area (Å²) in [6.07, 6.45) is 0. The van der Waals surface area contributed by atoms with Crippen molar-refractivity contribution in [1.82, 2.24) is 5.32 Å². The van der Waals surface area contributed by atoms with Crippen LogP contribution in [0.5, 0.6) is 0 Å². The predicted molar refractivity (Wildman–Crippen MR) is 80.5 cm³/mol. The van der Waals surface area contributed by atoms with E-state index in [-0.39, 0.29) is 18.5 Å². The van der Waals surface area contributed by atoms with Gasteiger partial charge in [-0.05, 0) is 23.9 Å². The molecule has 4 nitrogen and oxygen atoms in total. The number of nitriles is 1. The van der Waals surface area contributed by atoms with E-state index in [1.54, 1.807) is 11.4 Å². The van der Waals surface area contributed by atoms with Crippen molar-refractivity contribution in [2.75, 3.05) is 11.9 Å². The number of hydrogen-bond acceptors (Lipinski definition) is 4.